The molecule has 0 aliphatic heterocycles. The molecule has 6 nitrogen and oxygen atoms in total. The van der Waals surface area contributed by atoms with Gasteiger partial charge in [0.05, 0.1) is 28.3 Å². The van der Waals surface area contributed by atoms with Gasteiger partial charge in [-0.3, -0.25) is 4.79 Å². The van der Waals surface area contributed by atoms with Gasteiger partial charge in [-0.15, -0.1) is 0 Å². The van der Waals surface area contributed by atoms with Crippen LogP contribution in [-0.2, 0) is 0 Å². The van der Waals surface area contributed by atoms with Gasteiger partial charge in [-0.25, -0.2) is 22.8 Å². The van der Waals surface area contributed by atoms with E-state index in [0.29, 0.717) is 25.7 Å². The monoisotopic (exact) mass is 404 g/mol. The van der Waals surface area contributed by atoms with Crippen molar-refractivity contribution in [3.63, 3.8) is 0 Å². The Labute approximate surface area is 164 Å². The average Bonchev–Trinajstić information content (AvgIpc) is 2.99. The third-order valence-electron chi connectivity index (χ3n) is 5.19. The van der Waals surface area contributed by atoms with Crippen molar-refractivity contribution in [2.24, 2.45) is 0 Å². The van der Waals surface area contributed by atoms with Crippen molar-refractivity contribution in [1.82, 2.24) is 20.1 Å². The van der Waals surface area contributed by atoms with Gasteiger partial charge in [0.15, 0.2) is 11.6 Å². The number of pyridine rings is 1. The van der Waals surface area contributed by atoms with Crippen LogP contribution in [0, 0.1) is 24.4 Å². The number of nitrogens with one attached hydrogen (secondary N) is 1. The lowest BCUT2D eigenvalue weighted by Gasteiger charge is -2.26. The molecule has 29 heavy (non-hydrogen) atoms. The highest BCUT2D eigenvalue weighted by molar-refractivity contribution is 5.94. The van der Waals surface area contributed by atoms with E-state index in [9.17, 15) is 23.1 Å². The molecule has 0 radical (unpaired) electrons. The van der Waals surface area contributed by atoms with E-state index < -0.39 is 23.4 Å². The van der Waals surface area contributed by atoms with Gasteiger partial charge in [-0.2, -0.15) is 5.10 Å². The Morgan fingerprint density at radius 1 is 1.14 bits per heavy atom. The lowest BCUT2D eigenvalue weighted by Crippen LogP contribution is -2.38. The van der Waals surface area contributed by atoms with E-state index in [2.05, 4.69) is 15.4 Å². The Kier molecular flexibility index (Phi) is 4.99. The summed E-state index contributed by atoms with van der Waals surface area (Å²) in [5, 5.41) is 16.5. The predicted octanol–water partition coefficient (Wildman–Crippen LogP) is 3.18. The summed E-state index contributed by atoms with van der Waals surface area (Å²) in [7, 11) is 0. The highest BCUT2D eigenvalue weighted by Gasteiger charge is 2.23. The van der Waals surface area contributed by atoms with Crippen LogP contribution in [0.25, 0.3) is 16.7 Å². The van der Waals surface area contributed by atoms with Gasteiger partial charge in [0.1, 0.15) is 11.6 Å². The van der Waals surface area contributed by atoms with Crippen molar-refractivity contribution < 1.29 is 23.1 Å². The maximum absolute atomic E-state index is 14.7. The molecule has 0 saturated heterocycles. The Morgan fingerprint density at radius 3 is 2.55 bits per heavy atom. The number of halogens is 3. The summed E-state index contributed by atoms with van der Waals surface area (Å²) in [5.74, 6) is -3.18. The highest BCUT2D eigenvalue weighted by atomic mass is 19.1. The number of rotatable bonds is 3. The molecular weight excluding hydrogens is 385 g/mol. The highest BCUT2D eigenvalue weighted by Crippen LogP contribution is 2.26. The smallest absolute Gasteiger partial charge is 0.253 e. The lowest BCUT2D eigenvalue weighted by molar-refractivity contribution is 0.0867. The molecule has 2 N–H and O–H groups in total. The fraction of sp³-hybridized carbons (Fsp3) is 0.350. The second-order valence-corrected chi connectivity index (χ2v) is 7.29. The average molecular weight is 404 g/mol. The van der Waals surface area contributed by atoms with E-state index in [0.717, 1.165) is 22.9 Å². The maximum Gasteiger partial charge on any atom is 0.253 e. The number of aromatic nitrogens is 3. The van der Waals surface area contributed by atoms with Crippen LogP contribution in [-0.4, -0.2) is 37.9 Å². The molecule has 152 valence electrons. The molecule has 4 rings (SSSR count). The van der Waals surface area contributed by atoms with Crippen LogP contribution >= 0.6 is 0 Å². The molecule has 1 amide bonds. The molecule has 1 aliphatic carbocycles. The molecule has 1 aromatic carbocycles. The van der Waals surface area contributed by atoms with Gasteiger partial charge < -0.3 is 10.4 Å². The second-order valence-electron chi connectivity index (χ2n) is 7.29. The number of amides is 1. The molecule has 1 saturated carbocycles. The predicted molar refractivity (Wildman–Crippen MR) is 99.2 cm³/mol. The molecule has 0 bridgehead atoms. The van der Waals surface area contributed by atoms with Crippen molar-refractivity contribution in [3.05, 3.63) is 53.1 Å². The van der Waals surface area contributed by atoms with E-state index in [1.807, 2.05) is 0 Å². The van der Waals surface area contributed by atoms with Gasteiger partial charge in [0.2, 0.25) is 0 Å². The molecule has 2 heterocycles. The number of aliphatic hydroxyl groups is 1. The van der Waals surface area contributed by atoms with Crippen molar-refractivity contribution >= 4 is 16.8 Å². The molecule has 1 fully saturated rings. The Bertz CT molecular complexity index is 1090. The van der Waals surface area contributed by atoms with Gasteiger partial charge in [0.25, 0.3) is 5.91 Å². The zero-order valence-corrected chi connectivity index (χ0v) is 15.6. The standard InChI is InChI=1S/C20H19F3N4O2/c1-10-18-15(22)7-12(21)8-17(18)27(26-10)19-16(23)6-11(9-24-19)20(29)25-13-2-4-14(28)5-3-13/h6-9,13-14,28H,2-5H2,1H3,(H,25,29). The van der Waals surface area contributed by atoms with Crippen LogP contribution in [0.2, 0.25) is 0 Å². The summed E-state index contributed by atoms with van der Waals surface area (Å²) in [4.78, 5) is 16.4. The Balaban J connectivity index is 1.63. The van der Waals surface area contributed by atoms with Crippen LogP contribution < -0.4 is 5.32 Å². The molecule has 2 aromatic heterocycles. The van der Waals surface area contributed by atoms with E-state index in [4.69, 9.17) is 0 Å². The minimum atomic E-state index is -0.842. The minimum absolute atomic E-state index is 0.0305. The van der Waals surface area contributed by atoms with Gasteiger partial charge in [0, 0.05) is 24.4 Å². The van der Waals surface area contributed by atoms with Crippen molar-refractivity contribution in [2.75, 3.05) is 0 Å². The Hall–Kier alpha value is -2.94. The number of aliphatic hydroxyl groups excluding tert-OH is 1. The summed E-state index contributed by atoms with van der Waals surface area (Å²) in [6.45, 7) is 1.53. The summed E-state index contributed by atoms with van der Waals surface area (Å²) in [6, 6.07) is 2.73. The van der Waals surface area contributed by atoms with Gasteiger partial charge in [-0.1, -0.05) is 0 Å². The second kappa shape index (κ2) is 7.47. The largest absolute Gasteiger partial charge is 0.393 e. The van der Waals surface area contributed by atoms with Gasteiger partial charge >= 0.3 is 0 Å². The van der Waals surface area contributed by atoms with E-state index in [1.165, 1.54) is 13.1 Å². The summed E-state index contributed by atoms with van der Waals surface area (Å²) < 4.78 is 43.5. The molecule has 3 aromatic rings. The zero-order chi connectivity index (χ0) is 20.7. The fourth-order valence-corrected chi connectivity index (χ4v) is 3.70. The number of hydrogen-bond donors (Lipinski definition) is 2. The first kappa shape index (κ1) is 19.4. The normalized spacial score (nSPS) is 19.5. The van der Waals surface area contributed by atoms with Crippen molar-refractivity contribution in [2.45, 2.75) is 44.8 Å². The summed E-state index contributed by atoms with van der Waals surface area (Å²) in [5.41, 5.74) is 0.340. The van der Waals surface area contributed by atoms with Crippen LogP contribution in [0.3, 0.4) is 0 Å². The quantitative estimate of drug-likeness (QED) is 0.703. The van der Waals surface area contributed by atoms with Crippen molar-refractivity contribution in [1.29, 1.82) is 0 Å². The number of benzene rings is 1. The fourth-order valence-electron chi connectivity index (χ4n) is 3.70. The third-order valence-corrected chi connectivity index (χ3v) is 5.19. The number of nitrogens with zero attached hydrogens (tertiary/aromatic N) is 3. The van der Waals surface area contributed by atoms with Crippen LogP contribution in [0.1, 0.15) is 41.7 Å². The van der Waals surface area contributed by atoms with E-state index >= 15 is 0 Å². The summed E-state index contributed by atoms with van der Waals surface area (Å²) >= 11 is 0. The summed E-state index contributed by atoms with van der Waals surface area (Å²) in [6.07, 6.45) is 3.37. The Morgan fingerprint density at radius 2 is 1.86 bits per heavy atom. The topological polar surface area (TPSA) is 80.0 Å². The molecule has 0 atom stereocenters. The van der Waals surface area contributed by atoms with Crippen LogP contribution in [0.5, 0.6) is 0 Å². The molecule has 0 spiro atoms. The number of carbonyl (C=O) groups is 1. The van der Waals surface area contributed by atoms with Crippen molar-refractivity contribution in [3.8, 4) is 5.82 Å². The van der Waals surface area contributed by atoms with Gasteiger partial charge in [-0.05, 0) is 38.7 Å². The first-order chi connectivity index (χ1) is 13.8. The number of hydrogen-bond acceptors (Lipinski definition) is 4. The molecule has 9 heteroatoms. The SMILES string of the molecule is Cc1nn(-c2ncc(C(=O)NC3CCC(O)CC3)cc2F)c2cc(F)cc(F)c12. The maximum atomic E-state index is 14.7. The van der Waals surface area contributed by atoms with E-state index in [-0.39, 0.29) is 40.1 Å². The number of fused-ring (bicyclic) bond motifs is 1. The minimum Gasteiger partial charge on any atom is -0.393 e. The number of carbonyl (C=O) groups excluding carboxylic acids is 1. The van der Waals surface area contributed by atoms with Crippen LogP contribution in [0.15, 0.2) is 24.4 Å². The lowest BCUT2D eigenvalue weighted by atomic mass is 9.93. The third kappa shape index (κ3) is 3.69. The first-order valence-electron chi connectivity index (χ1n) is 9.32. The molecule has 0 unspecified atom stereocenters. The molecular formula is C20H19F3N4O2. The van der Waals surface area contributed by atoms with Crippen LogP contribution in [0.4, 0.5) is 13.2 Å². The molecule has 1 aliphatic rings. The zero-order valence-electron chi connectivity index (χ0n) is 15.6. The number of aryl methyl sites for hydroxylation is 1. The first-order valence-corrected chi connectivity index (χ1v) is 9.32. The van der Waals surface area contributed by atoms with E-state index in [1.54, 1.807) is 0 Å².